The third-order valence-corrected chi connectivity index (χ3v) is 3.09. The molecular formula is C12H17BrN2O3. The first-order valence-corrected chi connectivity index (χ1v) is 6.60. The fraction of sp³-hybridized carbons (Fsp3) is 0.500. The monoisotopic (exact) mass is 316 g/mol. The second-order valence-electron chi connectivity index (χ2n) is 4.16. The van der Waals surface area contributed by atoms with Gasteiger partial charge in [0.25, 0.3) is 5.91 Å². The molecule has 1 rings (SSSR count). The largest absolute Gasteiger partial charge is 0.480 e. The summed E-state index contributed by atoms with van der Waals surface area (Å²) in [5.41, 5.74) is 0.435. The highest BCUT2D eigenvalue weighted by Gasteiger charge is 2.21. The first kappa shape index (κ1) is 14.8. The molecule has 1 aromatic rings. The Hall–Kier alpha value is -1.30. The van der Waals surface area contributed by atoms with Crippen molar-refractivity contribution in [1.82, 2.24) is 9.88 Å². The van der Waals surface area contributed by atoms with Crippen LogP contribution in [0.2, 0.25) is 0 Å². The van der Waals surface area contributed by atoms with E-state index in [0.717, 1.165) is 17.3 Å². The van der Waals surface area contributed by atoms with Crippen LogP contribution in [-0.4, -0.2) is 27.6 Å². The maximum Gasteiger partial charge on any atom is 0.326 e. The number of aromatic nitrogens is 1. The molecule has 6 heteroatoms. The van der Waals surface area contributed by atoms with E-state index in [1.807, 2.05) is 6.92 Å². The quantitative estimate of drug-likeness (QED) is 0.844. The molecule has 100 valence electrons. The molecular weight excluding hydrogens is 300 g/mol. The van der Waals surface area contributed by atoms with E-state index in [-0.39, 0.29) is 5.91 Å². The molecule has 0 saturated carbocycles. The number of carboxylic acid groups (broad SMARTS) is 1. The number of aryl methyl sites for hydroxylation is 1. The maximum absolute atomic E-state index is 11.9. The molecule has 1 heterocycles. The number of carbonyl (C=O) groups is 2. The van der Waals surface area contributed by atoms with Crippen LogP contribution < -0.4 is 5.32 Å². The highest BCUT2D eigenvalue weighted by molar-refractivity contribution is 9.10. The predicted octanol–water partition coefficient (Wildman–Crippen LogP) is 2.16. The molecule has 5 nitrogen and oxygen atoms in total. The van der Waals surface area contributed by atoms with Crippen molar-refractivity contribution in [1.29, 1.82) is 0 Å². The van der Waals surface area contributed by atoms with Crippen LogP contribution in [0.15, 0.2) is 16.7 Å². The van der Waals surface area contributed by atoms with Crippen molar-refractivity contribution in [3.63, 3.8) is 0 Å². The Morgan fingerprint density at radius 3 is 2.67 bits per heavy atom. The van der Waals surface area contributed by atoms with Crippen molar-refractivity contribution >= 4 is 27.8 Å². The molecule has 0 aliphatic carbocycles. The zero-order chi connectivity index (χ0) is 13.7. The Labute approximate surface area is 114 Å². The summed E-state index contributed by atoms with van der Waals surface area (Å²) in [6.07, 6.45) is 3.86. The molecule has 0 radical (unpaired) electrons. The number of rotatable bonds is 6. The highest BCUT2D eigenvalue weighted by atomic mass is 79.9. The number of amides is 1. The molecule has 0 unspecified atom stereocenters. The summed E-state index contributed by atoms with van der Waals surface area (Å²) in [7, 11) is 1.74. The molecule has 18 heavy (non-hydrogen) atoms. The van der Waals surface area contributed by atoms with Crippen molar-refractivity contribution < 1.29 is 14.7 Å². The third-order valence-electron chi connectivity index (χ3n) is 2.65. The summed E-state index contributed by atoms with van der Waals surface area (Å²) in [6, 6.07) is 0.833. The van der Waals surface area contributed by atoms with Crippen LogP contribution in [-0.2, 0) is 11.8 Å². The second-order valence-corrected chi connectivity index (χ2v) is 5.08. The van der Waals surface area contributed by atoms with Gasteiger partial charge in [0.1, 0.15) is 11.7 Å². The summed E-state index contributed by atoms with van der Waals surface area (Å²) in [5.74, 6) is -1.36. The first-order chi connectivity index (χ1) is 8.45. The second kappa shape index (κ2) is 6.58. The number of nitrogens with zero attached hydrogens (tertiary/aromatic N) is 1. The number of carbonyl (C=O) groups excluding carboxylic acids is 1. The third kappa shape index (κ3) is 3.87. The number of hydrogen-bond donors (Lipinski definition) is 2. The predicted molar refractivity (Wildman–Crippen MR) is 71.5 cm³/mol. The van der Waals surface area contributed by atoms with E-state index < -0.39 is 12.0 Å². The molecule has 1 aromatic heterocycles. The van der Waals surface area contributed by atoms with Gasteiger partial charge < -0.3 is 15.0 Å². The fourth-order valence-electron chi connectivity index (χ4n) is 1.65. The van der Waals surface area contributed by atoms with Crippen molar-refractivity contribution in [2.24, 2.45) is 7.05 Å². The minimum atomic E-state index is -0.995. The number of carboxylic acids is 1. The maximum atomic E-state index is 11.9. The summed E-state index contributed by atoms with van der Waals surface area (Å²) in [4.78, 5) is 23.0. The molecule has 0 saturated heterocycles. The average molecular weight is 317 g/mol. The summed E-state index contributed by atoms with van der Waals surface area (Å²) < 4.78 is 2.44. The molecule has 1 amide bonds. The molecule has 0 aromatic carbocycles. The zero-order valence-corrected chi connectivity index (χ0v) is 12.0. The van der Waals surface area contributed by atoms with Crippen LogP contribution >= 0.6 is 15.9 Å². The van der Waals surface area contributed by atoms with E-state index in [2.05, 4.69) is 21.2 Å². The van der Waals surface area contributed by atoms with Crippen LogP contribution in [0.4, 0.5) is 0 Å². The van der Waals surface area contributed by atoms with E-state index in [9.17, 15) is 9.59 Å². The Kier molecular flexibility index (Phi) is 5.40. The minimum absolute atomic E-state index is 0.369. The first-order valence-electron chi connectivity index (χ1n) is 5.81. The van der Waals surface area contributed by atoms with Gasteiger partial charge in [-0.25, -0.2) is 4.79 Å². The lowest BCUT2D eigenvalue weighted by Gasteiger charge is -2.14. The molecule has 0 bridgehead atoms. The van der Waals surface area contributed by atoms with Crippen molar-refractivity contribution in [2.45, 2.75) is 32.2 Å². The Morgan fingerprint density at radius 1 is 1.56 bits per heavy atom. The number of nitrogens with one attached hydrogen (secondary N) is 1. The SMILES string of the molecule is CCCC[C@H](NC(=O)c1cc(Br)cn1C)C(=O)O. The van der Waals surface area contributed by atoms with E-state index in [1.165, 1.54) is 0 Å². The van der Waals surface area contributed by atoms with Gasteiger partial charge in [-0.3, -0.25) is 4.79 Å². The summed E-state index contributed by atoms with van der Waals surface area (Å²) in [6.45, 7) is 1.98. The number of unbranched alkanes of at least 4 members (excludes halogenated alkanes) is 1. The highest BCUT2D eigenvalue weighted by Crippen LogP contribution is 2.14. The zero-order valence-electron chi connectivity index (χ0n) is 10.4. The van der Waals surface area contributed by atoms with Gasteiger partial charge in [0, 0.05) is 17.7 Å². The van der Waals surface area contributed by atoms with Gasteiger partial charge in [-0.05, 0) is 28.4 Å². The molecule has 0 fully saturated rings. The van der Waals surface area contributed by atoms with Gasteiger partial charge in [-0.1, -0.05) is 19.8 Å². The molecule has 2 N–H and O–H groups in total. The number of aliphatic carboxylic acids is 1. The number of hydrogen-bond acceptors (Lipinski definition) is 2. The smallest absolute Gasteiger partial charge is 0.326 e. The van der Waals surface area contributed by atoms with Crippen molar-refractivity contribution in [3.8, 4) is 0 Å². The topological polar surface area (TPSA) is 71.3 Å². The standard InChI is InChI=1S/C12H17BrN2O3/c1-3-4-5-9(12(17)18)14-11(16)10-6-8(13)7-15(10)2/h6-7,9H,3-5H2,1-2H3,(H,14,16)(H,17,18)/t9-/m0/s1. The normalized spacial score (nSPS) is 12.2. The van der Waals surface area contributed by atoms with Crippen LogP contribution in [0.1, 0.15) is 36.7 Å². The Morgan fingerprint density at radius 2 is 2.22 bits per heavy atom. The van der Waals surface area contributed by atoms with Crippen LogP contribution in [0.3, 0.4) is 0 Å². The van der Waals surface area contributed by atoms with Crippen LogP contribution in [0.25, 0.3) is 0 Å². The lowest BCUT2D eigenvalue weighted by Crippen LogP contribution is -2.41. The molecule has 0 spiro atoms. The van der Waals surface area contributed by atoms with Gasteiger partial charge in [0.05, 0.1) is 0 Å². The number of halogens is 1. The van der Waals surface area contributed by atoms with Gasteiger partial charge in [-0.2, -0.15) is 0 Å². The van der Waals surface area contributed by atoms with Gasteiger partial charge >= 0.3 is 5.97 Å². The molecule has 1 atom stereocenters. The van der Waals surface area contributed by atoms with E-state index >= 15 is 0 Å². The van der Waals surface area contributed by atoms with E-state index in [0.29, 0.717) is 12.1 Å². The minimum Gasteiger partial charge on any atom is -0.480 e. The Balaban J connectivity index is 2.72. The fourth-order valence-corrected chi connectivity index (χ4v) is 2.17. The molecule has 0 aliphatic rings. The molecule has 0 aliphatic heterocycles. The van der Waals surface area contributed by atoms with Crippen LogP contribution in [0, 0.1) is 0 Å². The van der Waals surface area contributed by atoms with Crippen molar-refractivity contribution in [3.05, 3.63) is 22.4 Å². The van der Waals surface area contributed by atoms with E-state index in [4.69, 9.17) is 5.11 Å². The van der Waals surface area contributed by atoms with Crippen molar-refractivity contribution in [2.75, 3.05) is 0 Å². The van der Waals surface area contributed by atoms with Gasteiger partial charge in [0.15, 0.2) is 0 Å². The summed E-state index contributed by atoms with van der Waals surface area (Å²) >= 11 is 3.27. The average Bonchev–Trinajstić information content (AvgIpc) is 2.63. The van der Waals surface area contributed by atoms with Gasteiger partial charge in [0.2, 0.25) is 0 Å². The summed E-state index contributed by atoms with van der Waals surface area (Å²) in [5, 5.41) is 11.6. The Bertz CT molecular complexity index is 443. The lowest BCUT2D eigenvalue weighted by molar-refractivity contribution is -0.139. The lowest BCUT2D eigenvalue weighted by atomic mass is 10.1. The van der Waals surface area contributed by atoms with Crippen LogP contribution in [0.5, 0.6) is 0 Å². The van der Waals surface area contributed by atoms with Gasteiger partial charge in [-0.15, -0.1) is 0 Å². The van der Waals surface area contributed by atoms with E-state index in [1.54, 1.807) is 23.9 Å².